The van der Waals surface area contributed by atoms with Crippen molar-refractivity contribution < 1.29 is 4.39 Å². The molecule has 2 aromatic rings. The summed E-state index contributed by atoms with van der Waals surface area (Å²) in [6, 6.07) is 16.1. The Hall–Kier alpha value is -1.87. The van der Waals surface area contributed by atoms with Crippen LogP contribution in [0.15, 0.2) is 48.5 Å². The van der Waals surface area contributed by atoms with Gasteiger partial charge < -0.3 is 10.2 Å². The molecule has 1 aliphatic carbocycles. The van der Waals surface area contributed by atoms with E-state index in [0.717, 1.165) is 24.8 Å². The van der Waals surface area contributed by atoms with E-state index in [0.29, 0.717) is 0 Å². The van der Waals surface area contributed by atoms with E-state index in [1.807, 2.05) is 19.2 Å². The standard InChI is InChI=1S/C18H21FN2/c1-21(18-10-6-16(19)7-11-18)13-15-4-2-14(3-5-15)12-20-17-8-9-17/h2-7,10-11,17,20H,8-9,12-13H2,1H3. The van der Waals surface area contributed by atoms with Crippen LogP contribution in [0, 0.1) is 5.82 Å². The Morgan fingerprint density at radius 2 is 1.62 bits per heavy atom. The average molecular weight is 284 g/mol. The van der Waals surface area contributed by atoms with E-state index in [-0.39, 0.29) is 5.82 Å². The molecule has 2 aromatic carbocycles. The summed E-state index contributed by atoms with van der Waals surface area (Å²) in [7, 11) is 2.02. The molecule has 3 rings (SSSR count). The average Bonchev–Trinajstić information content (AvgIpc) is 3.31. The van der Waals surface area contributed by atoms with Crippen molar-refractivity contribution in [3.63, 3.8) is 0 Å². The molecular formula is C18H21FN2. The van der Waals surface area contributed by atoms with Gasteiger partial charge in [0.25, 0.3) is 0 Å². The highest BCUT2D eigenvalue weighted by molar-refractivity contribution is 5.46. The maximum absolute atomic E-state index is 12.9. The lowest BCUT2D eigenvalue weighted by molar-refractivity contribution is 0.627. The number of anilines is 1. The molecule has 0 bridgehead atoms. The van der Waals surface area contributed by atoms with Crippen LogP contribution in [0.2, 0.25) is 0 Å². The number of halogens is 1. The molecule has 1 fully saturated rings. The highest BCUT2D eigenvalue weighted by Crippen LogP contribution is 2.20. The summed E-state index contributed by atoms with van der Waals surface area (Å²) in [6.07, 6.45) is 2.64. The summed E-state index contributed by atoms with van der Waals surface area (Å²) in [4.78, 5) is 2.12. The summed E-state index contributed by atoms with van der Waals surface area (Å²) < 4.78 is 12.9. The molecule has 2 nitrogen and oxygen atoms in total. The number of rotatable bonds is 6. The van der Waals surface area contributed by atoms with Gasteiger partial charge in [-0.05, 0) is 48.2 Å². The molecule has 1 aliphatic rings. The van der Waals surface area contributed by atoms with E-state index in [1.165, 1.54) is 36.1 Å². The van der Waals surface area contributed by atoms with Gasteiger partial charge in [0.1, 0.15) is 5.82 Å². The molecule has 0 radical (unpaired) electrons. The normalized spacial score (nSPS) is 14.2. The second-order valence-corrected chi connectivity index (χ2v) is 5.80. The van der Waals surface area contributed by atoms with Crippen LogP contribution in [0.3, 0.4) is 0 Å². The Morgan fingerprint density at radius 3 is 2.24 bits per heavy atom. The molecule has 1 N–H and O–H groups in total. The fourth-order valence-corrected chi connectivity index (χ4v) is 2.37. The highest BCUT2D eigenvalue weighted by Gasteiger charge is 2.19. The van der Waals surface area contributed by atoms with Crippen molar-refractivity contribution >= 4 is 5.69 Å². The minimum Gasteiger partial charge on any atom is -0.370 e. The second kappa shape index (κ2) is 6.27. The summed E-state index contributed by atoms with van der Waals surface area (Å²) in [5, 5.41) is 3.52. The zero-order valence-electron chi connectivity index (χ0n) is 12.3. The van der Waals surface area contributed by atoms with Crippen molar-refractivity contribution in [1.82, 2.24) is 5.32 Å². The summed E-state index contributed by atoms with van der Waals surface area (Å²) in [6.45, 7) is 1.78. The van der Waals surface area contributed by atoms with Crippen LogP contribution in [0.5, 0.6) is 0 Å². The van der Waals surface area contributed by atoms with Crippen molar-refractivity contribution in [2.75, 3.05) is 11.9 Å². The lowest BCUT2D eigenvalue weighted by atomic mass is 10.1. The van der Waals surface area contributed by atoms with E-state index in [1.54, 1.807) is 0 Å². The molecule has 0 aromatic heterocycles. The van der Waals surface area contributed by atoms with Crippen LogP contribution in [-0.2, 0) is 13.1 Å². The van der Waals surface area contributed by atoms with Gasteiger partial charge >= 0.3 is 0 Å². The molecule has 1 saturated carbocycles. The maximum atomic E-state index is 12.9. The summed E-state index contributed by atoms with van der Waals surface area (Å²) >= 11 is 0. The molecule has 0 atom stereocenters. The molecule has 0 amide bonds. The van der Waals surface area contributed by atoms with E-state index >= 15 is 0 Å². The van der Waals surface area contributed by atoms with E-state index in [9.17, 15) is 4.39 Å². The van der Waals surface area contributed by atoms with Crippen molar-refractivity contribution in [1.29, 1.82) is 0 Å². The first kappa shape index (κ1) is 14.1. The predicted octanol–water partition coefficient (Wildman–Crippen LogP) is 3.71. The van der Waals surface area contributed by atoms with Crippen LogP contribution < -0.4 is 10.2 Å². The number of benzene rings is 2. The Bertz CT molecular complexity index is 573. The Morgan fingerprint density at radius 1 is 1.00 bits per heavy atom. The minimum absolute atomic E-state index is 0.195. The molecule has 21 heavy (non-hydrogen) atoms. The number of nitrogens with one attached hydrogen (secondary N) is 1. The molecule has 0 unspecified atom stereocenters. The fourth-order valence-electron chi connectivity index (χ4n) is 2.37. The van der Waals surface area contributed by atoms with E-state index < -0.39 is 0 Å². The predicted molar refractivity (Wildman–Crippen MR) is 84.8 cm³/mol. The van der Waals surface area contributed by atoms with Crippen LogP contribution in [0.1, 0.15) is 24.0 Å². The SMILES string of the molecule is CN(Cc1ccc(CNC2CC2)cc1)c1ccc(F)cc1. The third-order valence-corrected chi connectivity index (χ3v) is 3.88. The van der Waals surface area contributed by atoms with Gasteiger partial charge in [0.05, 0.1) is 0 Å². The Labute approximate surface area is 125 Å². The minimum atomic E-state index is -0.195. The van der Waals surface area contributed by atoms with Crippen molar-refractivity contribution in [3.8, 4) is 0 Å². The lowest BCUT2D eigenvalue weighted by Gasteiger charge is -2.19. The third-order valence-electron chi connectivity index (χ3n) is 3.88. The molecule has 0 spiro atoms. The van der Waals surface area contributed by atoms with Crippen LogP contribution in [0.4, 0.5) is 10.1 Å². The first-order valence-corrected chi connectivity index (χ1v) is 7.48. The second-order valence-electron chi connectivity index (χ2n) is 5.80. The van der Waals surface area contributed by atoms with Gasteiger partial charge in [0.2, 0.25) is 0 Å². The fraction of sp³-hybridized carbons (Fsp3) is 0.333. The number of nitrogens with zero attached hydrogens (tertiary/aromatic N) is 1. The van der Waals surface area contributed by atoms with E-state index in [2.05, 4.69) is 34.5 Å². The maximum Gasteiger partial charge on any atom is 0.123 e. The van der Waals surface area contributed by atoms with Crippen LogP contribution in [-0.4, -0.2) is 13.1 Å². The smallest absolute Gasteiger partial charge is 0.123 e. The van der Waals surface area contributed by atoms with Gasteiger partial charge in [0.15, 0.2) is 0 Å². The zero-order chi connectivity index (χ0) is 14.7. The topological polar surface area (TPSA) is 15.3 Å². The quantitative estimate of drug-likeness (QED) is 0.870. The molecular weight excluding hydrogens is 263 g/mol. The lowest BCUT2D eigenvalue weighted by Crippen LogP contribution is -2.17. The van der Waals surface area contributed by atoms with Gasteiger partial charge in [-0.15, -0.1) is 0 Å². The zero-order valence-corrected chi connectivity index (χ0v) is 12.3. The highest BCUT2D eigenvalue weighted by atomic mass is 19.1. The molecule has 0 saturated heterocycles. The number of hydrogen-bond donors (Lipinski definition) is 1. The molecule has 110 valence electrons. The van der Waals surface area contributed by atoms with Gasteiger partial charge in [0, 0.05) is 31.9 Å². The first-order chi connectivity index (χ1) is 10.2. The Balaban J connectivity index is 1.57. The van der Waals surface area contributed by atoms with Gasteiger partial charge in [-0.3, -0.25) is 0 Å². The third kappa shape index (κ3) is 4.05. The van der Waals surface area contributed by atoms with Gasteiger partial charge in [-0.1, -0.05) is 24.3 Å². The van der Waals surface area contributed by atoms with E-state index in [4.69, 9.17) is 0 Å². The van der Waals surface area contributed by atoms with Crippen LogP contribution in [0.25, 0.3) is 0 Å². The molecule has 0 heterocycles. The van der Waals surface area contributed by atoms with Crippen molar-refractivity contribution in [3.05, 3.63) is 65.5 Å². The molecule has 3 heteroatoms. The van der Waals surface area contributed by atoms with Gasteiger partial charge in [-0.25, -0.2) is 4.39 Å². The first-order valence-electron chi connectivity index (χ1n) is 7.48. The number of hydrogen-bond acceptors (Lipinski definition) is 2. The monoisotopic (exact) mass is 284 g/mol. The molecule has 0 aliphatic heterocycles. The van der Waals surface area contributed by atoms with Crippen molar-refractivity contribution in [2.24, 2.45) is 0 Å². The summed E-state index contributed by atoms with van der Waals surface area (Å²) in [5.41, 5.74) is 3.61. The Kier molecular flexibility index (Phi) is 4.20. The van der Waals surface area contributed by atoms with Crippen LogP contribution >= 0.6 is 0 Å². The largest absolute Gasteiger partial charge is 0.370 e. The summed E-state index contributed by atoms with van der Waals surface area (Å²) in [5.74, 6) is -0.195. The van der Waals surface area contributed by atoms with Gasteiger partial charge in [-0.2, -0.15) is 0 Å². The van der Waals surface area contributed by atoms with Crippen molar-refractivity contribution in [2.45, 2.75) is 32.0 Å².